The minimum atomic E-state index is -0.876. The summed E-state index contributed by atoms with van der Waals surface area (Å²) in [5.74, 6) is -0.0154. The molecule has 0 heterocycles. The molecule has 0 saturated carbocycles. The maximum atomic E-state index is 11.0. The van der Waals surface area contributed by atoms with Gasteiger partial charge in [-0.25, -0.2) is 0 Å². The lowest BCUT2D eigenvalue weighted by atomic mass is 10.1. The Balaban J connectivity index is 2.93. The average Bonchev–Trinajstić information content (AvgIpc) is 2.49. The lowest BCUT2D eigenvalue weighted by Gasteiger charge is -2.16. The molecular weight excluding hydrogens is 276 g/mol. The first kappa shape index (κ1) is 16.9. The Morgan fingerprint density at radius 3 is 2.67 bits per heavy atom. The van der Waals surface area contributed by atoms with Crippen molar-refractivity contribution in [2.75, 3.05) is 20.8 Å². The van der Waals surface area contributed by atoms with Crippen LogP contribution in [0.1, 0.15) is 31.4 Å². The third kappa shape index (κ3) is 4.71. The molecule has 0 fully saturated rings. The van der Waals surface area contributed by atoms with Crippen molar-refractivity contribution in [3.05, 3.63) is 22.6 Å². The summed E-state index contributed by atoms with van der Waals surface area (Å²) in [7, 11) is 3.28. The van der Waals surface area contributed by atoms with E-state index in [1.807, 2.05) is 6.92 Å². The molecule has 0 aliphatic rings. The molecule has 0 saturated heterocycles. The number of methoxy groups -OCH3 is 1. The van der Waals surface area contributed by atoms with Gasteiger partial charge in [-0.3, -0.25) is 4.79 Å². The van der Waals surface area contributed by atoms with Crippen molar-refractivity contribution in [2.45, 2.75) is 25.8 Å². The average molecular weight is 296 g/mol. The molecule has 0 aliphatic heterocycles. The van der Waals surface area contributed by atoms with E-state index in [0.29, 0.717) is 23.5 Å². The van der Waals surface area contributed by atoms with Crippen LogP contribution >= 0.6 is 0 Å². The number of carbonyl (C=O) groups is 1. The Morgan fingerprint density at radius 2 is 2.14 bits per heavy atom. The van der Waals surface area contributed by atoms with Crippen molar-refractivity contribution in [3.8, 4) is 11.5 Å². The second-order valence-electron chi connectivity index (χ2n) is 4.51. The Morgan fingerprint density at radius 1 is 1.43 bits per heavy atom. The lowest BCUT2D eigenvalue weighted by Crippen LogP contribution is -2.13. The number of nitrogens with zero attached hydrogens (tertiary/aromatic N) is 1. The number of hydrogen-bond acceptors (Lipinski definition) is 6. The van der Waals surface area contributed by atoms with Gasteiger partial charge in [-0.2, -0.15) is 0 Å². The van der Waals surface area contributed by atoms with Gasteiger partial charge in [-0.05, 0) is 31.6 Å². The Hall–Kier alpha value is -2.15. The first-order valence-electron chi connectivity index (χ1n) is 6.60. The highest BCUT2D eigenvalue weighted by molar-refractivity contribution is 5.66. The van der Waals surface area contributed by atoms with Crippen LogP contribution < -0.4 is 14.8 Å². The standard InChI is InChI=1S/C14H20N2O5/c1-9(15-2)10-7-12(20-3)13(8-11(10)16-19)21-6-4-5-14(17)18/h7-9,15H,4-6H2,1-3H3,(H,17,18). The minimum absolute atomic E-state index is 0.0238. The zero-order valence-electron chi connectivity index (χ0n) is 12.4. The fraction of sp³-hybridized carbons (Fsp3) is 0.500. The van der Waals surface area contributed by atoms with Gasteiger partial charge in [0.2, 0.25) is 0 Å². The number of rotatable bonds is 9. The van der Waals surface area contributed by atoms with Crippen LogP contribution in [0.3, 0.4) is 0 Å². The molecule has 1 aromatic carbocycles. The number of carboxylic acids is 1. The van der Waals surface area contributed by atoms with Crippen molar-refractivity contribution in [3.63, 3.8) is 0 Å². The Labute approximate surface area is 123 Å². The van der Waals surface area contributed by atoms with Gasteiger partial charge in [0.25, 0.3) is 0 Å². The lowest BCUT2D eigenvalue weighted by molar-refractivity contribution is -0.137. The molecule has 0 aromatic heterocycles. The highest BCUT2D eigenvalue weighted by Crippen LogP contribution is 2.37. The third-order valence-electron chi connectivity index (χ3n) is 3.10. The number of hydrogen-bond donors (Lipinski definition) is 2. The highest BCUT2D eigenvalue weighted by Gasteiger charge is 2.16. The molecule has 7 heteroatoms. The second kappa shape index (κ2) is 8.21. The van der Waals surface area contributed by atoms with Crippen LogP contribution in [0.2, 0.25) is 0 Å². The molecule has 0 spiro atoms. The number of nitroso groups, excluding NO2 is 1. The third-order valence-corrected chi connectivity index (χ3v) is 3.10. The SMILES string of the molecule is CNC(C)c1cc(OC)c(OCCCC(=O)O)cc1N=O. The van der Waals surface area contributed by atoms with Gasteiger partial charge in [0.1, 0.15) is 5.69 Å². The summed E-state index contributed by atoms with van der Waals surface area (Å²) in [6.07, 6.45) is 0.396. The largest absolute Gasteiger partial charge is 0.493 e. The van der Waals surface area contributed by atoms with Crippen LogP contribution in [0.4, 0.5) is 5.69 Å². The van der Waals surface area contributed by atoms with Crippen LogP contribution in [0.5, 0.6) is 11.5 Å². The minimum Gasteiger partial charge on any atom is -0.493 e. The van der Waals surface area contributed by atoms with Crippen molar-refractivity contribution in [1.82, 2.24) is 5.32 Å². The molecule has 1 rings (SSSR count). The van der Waals surface area contributed by atoms with Crippen LogP contribution in [-0.4, -0.2) is 31.8 Å². The molecule has 0 bridgehead atoms. The van der Waals surface area contributed by atoms with E-state index in [0.717, 1.165) is 0 Å². The van der Waals surface area contributed by atoms with Crippen LogP contribution in [0, 0.1) is 4.91 Å². The van der Waals surface area contributed by atoms with Crippen LogP contribution in [-0.2, 0) is 4.79 Å². The molecule has 1 atom stereocenters. The number of carboxylic acid groups (broad SMARTS) is 1. The van der Waals surface area contributed by atoms with E-state index in [2.05, 4.69) is 10.5 Å². The molecule has 7 nitrogen and oxygen atoms in total. The van der Waals surface area contributed by atoms with Crippen molar-refractivity contribution < 1.29 is 19.4 Å². The van der Waals surface area contributed by atoms with E-state index < -0.39 is 5.97 Å². The fourth-order valence-corrected chi connectivity index (χ4v) is 1.82. The summed E-state index contributed by atoms with van der Waals surface area (Å²) in [5, 5.41) is 14.6. The monoisotopic (exact) mass is 296 g/mol. The molecule has 21 heavy (non-hydrogen) atoms. The molecule has 0 amide bonds. The second-order valence-corrected chi connectivity index (χ2v) is 4.51. The predicted molar refractivity (Wildman–Crippen MR) is 78.3 cm³/mol. The van der Waals surface area contributed by atoms with Gasteiger partial charge in [-0.15, -0.1) is 4.91 Å². The van der Waals surface area contributed by atoms with E-state index in [-0.39, 0.29) is 24.8 Å². The quantitative estimate of drug-likeness (QED) is 0.537. The molecule has 1 aromatic rings. The first-order chi connectivity index (χ1) is 10.0. The fourth-order valence-electron chi connectivity index (χ4n) is 1.82. The molecule has 2 N–H and O–H groups in total. The van der Waals surface area contributed by atoms with Crippen LogP contribution in [0.15, 0.2) is 17.3 Å². The summed E-state index contributed by atoms with van der Waals surface area (Å²) in [6, 6.07) is 3.15. The van der Waals surface area contributed by atoms with Gasteiger partial charge in [0, 0.05) is 24.1 Å². The molecule has 0 aliphatic carbocycles. The van der Waals surface area contributed by atoms with Crippen molar-refractivity contribution in [1.29, 1.82) is 0 Å². The predicted octanol–water partition coefficient (Wildman–Crippen LogP) is 2.62. The number of ether oxygens (including phenoxy) is 2. The van der Waals surface area contributed by atoms with Gasteiger partial charge in [0.05, 0.1) is 13.7 Å². The van der Waals surface area contributed by atoms with Gasteiger partial charge >= 0.3 is 5.97 Å². The highest BCUT2D eigenvalue weighted by atomic mass is 16.5. The molecule has 116 valence electrons. The van der Waals surface area contributed by atoms with Gasteiger partial charge in [-0.1, -0.05) is 0 Å². The topological polar surface area (TPSA) is 97.2 Å². The summed E-state index contributed by atoms with van der Waals surface area (Å²) in [5.41, 5.74) is 0.980. The van der Waals surface area contributed by atoms with Gasteiger partial charge in [0.15, 0.2) is 11.5 Å². The number of nitrogens with one attached hydrogen (secondary N) is 1. The van der Waals surface area contributed by atoms with Gasteiger partial charge < -0.3 is 19.9 Å². The zero-order chi connectivity index (χ0) is 15.8. The maximum Gasteiger partial charge on any atom is 0.303 e. The summed E-state index contributed by atoms with van der Waals surface area (Å²) < 4.78 is 10.7. The summed E-state index contributed by atoms with van der Waals surface area (Å²) in [4.78, 5) is 21.4. The Kier molecular flexibility index (Phi) is 6.61. The molecule has 1 unspecified atom stereocenters. The maximum absolute atomic E-state index is 11.0. The van der Waals surface area contributed by atoms with E-state index in [9.17, 15) is 9.70 Å². The van der Waals surface area contributed by atoms with Crippen molar-refractivity contribution in [2.24, 2.45) is 5.18 Å². The molecular formula is C14H20N2O5. The van der Waals surface area contributed by atoms with E-state index in [4.69, 9.17) is 14.6 Å². The Bertz CT molecular complexity index is 504. The zero-order valence-corrected chi connectivity index (χ0v) is 12.4. The first-order valence-corrected chi connectivity index (χ1v) is 6.60. The number of aliphatic carboxylic acids is 1. The van der Waals surface area contributed by atoms with Crippen molar-refractivity contribution >= 4 is 11.7 Å². The van der Waals surface area contributed by atoms with Crippen LogP contribution in [0.25, 0.3) is 0 Å². The smallest absolute Gasteiger partial charge is 0.303 e. The summed E-state index contributed by atoms with van der Waals surface area (Å²) >= 11 is 0. The van der Waals surface area contributed by atoms with E-state index in [1.54, 1.807) is 13.1 Å². The normalized spacial score (nSPS) is 11.8. The number of benzene rings is 1. The van der Waals surface area contributed by atoms with E-state index >= 15 is 0 Å². The molecule has 0 radical (unpaired) electrons. The van der Waals surface area contributed by atoms with E-state index in [1.165, 1.54) is 13.2 Å². The summed E-state index contributed by atoms with van der Waals surface area (Å²) in [6.45, 7) is 2.12.